The van der Waals surface area contributed by atoms with Crippen molar-refractivity contribution in [3.8, 4) is 0 Å². The van der Waals surface area contributed by atoms with Crippen LogP contribution in [0.3, 0.4) is 0 Å². The molecule has 2 heterocycles. The molecular weight excluding hydrogens is 268 g/mol. The van der Waals surface area contributed by atoms with Gasteiger partial charge in [0.25, 0.3) is 0 Å². The molecule has 3 rings (SSSR count). The quantitative estimate of drug-likeness (QED) is 0.824. The third-order valence-corrected chi connectivity index (χ3v) is 4.32. The van der Waals surface area contributed by atoms with Crippen molar-refractivity contribution in [1.82, 2.24) is 4.90 Å². The monoisotopic (exact) mass is 288 g/mol. The van der Waals surface area contributed by atoms with E-state index in [4.69, 9.17) is 0 Å². The van der Waals surface area contributed by atoms with Crippen LogP contribution >= 0.6 is 0 Å². The summed E-state index contributed by atoms with van der Waals surface area (Å²) in [6, 6.07) is 7.77. The van der Waals surface area contributed by atoms with Gasteiger partial charge in [0.05, 0.1) is 6.10 Å². The molecule has 21 heavy (non-hydrogen) atoms. The summed E-state index contributed by atoms with van der Waals surface area (Å²) in [7, 11) is 0. The standard InChI is InChI=1S/C16H20N2O3/c1-11-2-4-12(5-3-11)18-9-7-14(16(18)21)15(20)17-8-6-13(19)10-17/h2-5,13-14,19H,6-10H2,1H3/t13-,14?/m1/s1. The lowest BCUT2D eigenvalue weighted by Gasteiger charge is -2.20. The molecule has 2 amide bonds. The number of rotatable bonds is 2. The Morgan fingerprint density at radius 2 is 1.90 bits per heavy atom. The summed E-state index contributed by atoms with van der Waals surface area (Å²) in [5.41, 5.74) is 1.99. The maximum atomic E-state index is 12.5. The number of aryl methyl sites for hydroxylation is 1. The smallest absolute Gasteiger partial charge is 0.239 e. The van der Waals surface area contributed by atoms with Gasteiger partial charge in [0.15, 0.2) is 0 Å². The van der Waals surface area contributed by atoms with Crippen molar-refractivity contribution < 1.29 is 14.7 Å². The van der Waals surface area contributed by atoms with Crippen LogP contribution < -0.4 is 4.90 Å². The summed E-state index contributed by atoms with van der Waals surface area (Å²) in [5, 5.41) is 9.52. The normalized spacial score (nSPS) is 25.7. The summed E-state index contributed by atoms with van der Waals surface area (Å²) in [4.78, 5) is 28.2. The van der Waals surface area contributed by atoms with E-state index in [1.54, 1.807) is 9.80 Å². The van der Waals surface area contributed by atoms with E-state index in [0.29, 0.717) is 32.5 Å². The van der Waals surface area contributed by atoms with Crippen molar-refractivity contribution in [3.63, 3.8) is 0 Å². The van der Waals surface area contributed by atoms with Gasteiger partial charge in [0, 0.05) is 25.3 Å². The van der Waals surface area contributed by atoms with Crippen LogP contribution in [0.25, 0.3) is 0 Å². The molecule has 0 aromatic heterocycles. The summed E-state index contributed by atoms with van der Waals surface area (Å²) in [6.07, 6.45) is 0.714. The number of aliphatic hydroxyl groups is 1. The van der Waals surface area contributed by atoms with Gasteiger partial charge < -0.3 is 14.9 Å². The zero-order valence-corrected chi connectivity index (χ0v) is 12.2. The molecule has 5 heteroatoms. The number of anilines is 1. The third kappa shape index (κ3) is 2.65. The topological polar surface area (TPSA) is 60.9 Å². The van der Waals surface area contributed by atoms with E-state index in [9.17, 15) is 14.7 Å². The average Bonchev–Trinajstić information content (AvgIpc) is 3.06. The fourth-order valence-corrected chi connectivity index (χ4v) is 3.05. The number of benzene rings is 1. The Hall–Kier alpha value is -1.88. The minimum atomic E-state index is -0.586. The summed E-state index contributed by atoms with van der Waals surface area (Å²) in [5.74, 6) is -0.840. The Morgan fingerprint density at radius 3 is 2.52 bits per heavy atom. The van der Waals surface area contributed by atoms with E-state index in [1.807, 2.05) is 31.2 Å². The molecule has 2 aliphatic heterocycles. The highest BCUT2D eigenvalue weighted by Crippen LogP contribution is 2.27. The number of amides is 2. The van der Waals surface area contributed by atoms with Crippen molar-refractivity contribution in [2.75, 3.05) is 24.5 Å². The number of carbonyl (C=O) groups excluding carboxylic acids is 2. The van der Waals surface area contributed by atoms with Gasteiger partial charge in [-0.05, 0) is 31.9 Å². The fourth-order valence-electron chi connectivity index (χ4n) is 3.05. The van der Waals surface area contributed by atoms with Gasteiger partial charge in [-0.2, -0.15) is 0 Å². The Labute approximate surface area is 124 Å². The minimum absolute atomic E-state index is 0.120. The molecule has 1 unspecified atom stereocenters. The van der Waals surface area contributed by atoms with E-state index >= 15 is 0 Å². The van der Waals surface area contributed by atoms with Gasteiger partial charge in [0.1, 0.15) is 5.92 Å². The van der Waals surface area contributed by atoms with Crippen LogP contribution in [0.4, 0.5) is 5.69 Å². The van der Waals surface area contributed by atoms with Crippen molar-refractivity contribution in [1.29, 1.82) is 0 Å². The number of likely N-dealkylation sites (tertiary alicyclic amines) is 1. The Bertz CT molecular complexity index is 555. The maximum absolute atomic E-state index is 12.5. The van der Waals surface area contributed by atoms with Crippen LogP contribution in [-0.2, 0) is 9.59 Å². The summed E-state index contributed by atoms with van der Waals surface area (Å²) < 4.78 is 0. The molecule has 0 spiro atoms. The predicted octanol–water partition coefficient (Wildman–Crippen LogP) is 0.941. The first-order chi connectivity index (χ1) is 10.1. The van der Waals surface area contributed by atoms with Crippen molar-refractivity contribution in [2.24, 2.45) is 5.92 Å². The molecule has 5 nitrogen and oxygen atoms in total. The highest BCUT2D eigenvalue weighted by atomic mass is 16.3. The first kappa shape index (κ1) is 14.1. The molecule has 0 saturated carbocycles. The number of hydrogen-bond donors (Lipinski definition) is 1. The molecule has 2 fully saturated rings. The zero-order chi connectivity index (χ0) is 15.0. The molecule has 0 aliphatic carbocycles. The fraction of sp³-hybridized carbons (Fsp3) is 0.500. The Balaban J connectivity index is 1.71. The van der Waals surface area contributed by atoms with E-state index in [2.05, 4.69) is 0 Å². The number of carbonyl (C=O) groups is 2. The van der Waals surface area contributed by atoms with E-state index in [1.165, 1.54) is 0 Å². The lowest BCUT2D eigenvalue weighted by molar-refractivity contribution is -0.139. The molecule has 0 bridgehead atoms. The number of β-amino-alcohol motifs (C(OH)–C–C–N with tert-alkyl or cyclic N) is 1. The highest BCUT2D eigenvalue weighted by Gasteiger charge is 2.41. The minimum Gasteiger partial charge on any atom is -0.391 e. The number of aliphatic hydroxyl groups excluding tert-OH is 1. The summed E-state index contributed by atoms with van der Waals surface area (Å²) >= 11 is 0. The zero-order valence-electron chi connectivity index (χ0n) is 12.2. The van der Waals surface area contributed by atoms with E-state index in [0.717, 1.165) is 11.3 Å². The van der Waals surface area contributed by atoms with Crippen LogP contribution in [0, 0.1) is 12.8 Å². The molecule has 0 radical (unpaired) electrons. The second kappa shape index (κ2) is 5.48. The molecule has 2 saturated heterocycles. The molecule has 1 aromatic rings. The highest BCUT2D eigenvalue weighted by molar-refractivity contribution is 6.09. The van der Waals surface area contributed by atoms with Crippen molar-refractivity contribution >= 4 is 17.5 Å². The molecule has 1 aromatic carbocycles. The molecular formula is C16H20N2O3. The lowest BCUT2D eigenvalue weighted by Crippen LogP contribution is -2.39. The first-order valence-electron chi connectivity index (χ1n) is 7.41. The van der Waals surface area contributed by atoms with Crippen LogP contribution in [0.5, 0.6) is 0 Å². The van der Waals surface area contributed by atoms with Crippen LogP contribution in [0.1, 0.15) is 18.4 Å². The van der Waals surface area contributed by atoms with Crippen LogP contribution in [0.2, 0.25) is 0 Å². The van der Waals surface area contributed by atoms with Crippen molar-refractivity contribution in [2.45, 2.75) is 25.9 Å². The number of nitrogens with zero attached hydrogens (tertiary/aromatic N) is 2. The average molecular weight is 288 g/mol. The summed E-state index contributed by atoms with van der Waals surface area (Å²) in [6.45, 7) is 3.48. The van der Waals surface area contributed by atoms with Gasteiger partial charge in [0.2, 0.25) is 11.8 Å². The van der Waals surface area contributed by atoms with Gasteiger partial charge in [-0.15, -0.1) is 0 Å². The van der Waals surface area contributed by atoms with Gasteiger partial charge in [-0.3, -0.25) is 9.59 Å². The predicted molar refractivity (Wildman–Crippen MR) is 78.8 cm³/mol. The maximum Gasteiger partial charge on any atom is 0.239 e. The van der Waals surface area contributed by atoms with E-state index in [-0.39, 0.29) is 11.8 Å². The second-order valence-corrected chi connectivity index (χ2v) is 5.89. The second-order valence-electron chi connectivity index (χ2n) is 5.89. The van der Waals surface area contributed by atoms with Gasteiger partial charge in [-0.1, -0.05) is 17.7 Å². The van der Waals surface area contributed by atoms with Crippen LogP contribution in [-0.4, -0.2) is 47.6 Å². The number of hydrogen-bond acceptors (Lipinski definition) is 3. The lowest BCUT2D eigenvalue weighted by atomic mass is 10.1. The van der Waals surface area contributed by atoms with Crippen molar-refractivity contribution in [3.05, 3.63) is 29.8 Å². The van der Waals surface area contributed by atoms with Gasteiger partial charge in [-0.25, -0.2) is 0 Å². The Morgan fingerprint density at radius 1 is 1.19 bits per heavy atom. The molecule has 2 atom stereocenters. The van der Waals surface area contributed by atoms with Crippen LogP contribution in [0.15, 0.2) is 24.3 Å². The molecule has 112 valence electrons. The van der Waals surface area contributed by atoms with Gasteiger partial charge >= 0.3 is 0 Å². The third-order valence-electron chi connectivity index (χ3n) is 4.32. The molecule has 2 aliphatic rings. The SMILES string of the molecule is Cc1ccc(N2CCC(C(=O)N3CC[C@@H](O)C3)C2=O)cc1. The molecule has 1 N–H and O–H groups in total. The van der Waals surface area contributed by atoms with E-state index < -0.39 is 12.0 Å². The first-order valence-corrected chi connectivity index (χ1v) is 7.41. The Kier molecular flexibility index (Phi) is 3.68. The largest absolute Gasteiger partial charge is 0.391 e.